The molecule has 1 fully saturated rings. The van der Waals surface area contributed by atoms with Crippen molar-refractivity contribution >= 4 is 42.5 Å². The van der Waals surface area contributed by atoms with Gasteiger partial charge in [0.15, 0.2) is 12.4 Å². The van der Waals surface area contributed by atoms with Crippen LogP contribution in [0.2, 0.25) is 13.1 Å². The van der Waals surface area contributed by atoms with Gasteiger partial charge < -0.3 is 29.1 Å². The first-order valence-corrected chi connectivity index (χ1v) is 24.8. The molecule has 0 saturated carbocycles. The van der Waals surface area contributed by atoms with Crippen molar-refractivity contribution < 1.29 is 33.3 Å². The van der Waals surface area contributed by atoms with E-state index in [0.29, 0.717) is 12.8 Å². The van der Waals surface area contributed by atoms with Gasteiger partial charge in [-0.05, 0) is 105 Å². The second-order valence-electron chi connectivity index (χ2n) is 17.5. The van der Waals surface area contributed by atoms with E-state index >= 15 is 0 Å². The summed E-state index contributed by atoms with van der Waals surface area (Å²) in [4.78, 5) is 26.8. The summed E-state index contributed by atoms with van der Waals surface area (Å²) < 4.78 is 24.6. The SMILES string of the molecule is C[Si](C)OC1O[C@H](COC(C)(C)C)[C@@H](O)[C@H](OC(=O)CCCCCCCCc2cccc3ccccc23)[C@H]1NC(=O)CCCCCCCCc1cccc2ccccc12. The number of aliphatic hydroxyl groups is 1. The lowest BCUT2D eigenvalue weighted by Gasteiger charge is -2.45. The van der Waals surface area contributed by atoms with Crippen LogP contribution in [0.4, 0.5) is 0 Å². The van der Waals surface area contributed by atoms with Gasteiger partial charge in [-0.1, -0.05) is 136 Å². The van der Waals surface area contributed by atoms with E-state index in [0.717, 1.165) is 83.5 Å². The predicted molar refractivity (Wildman–Crippen MR) is 241 cm³/mol. The molecule has 0 spiro atoms. The molecule has 1 aliphatic rings. The first kappa shape index (κ1) is 46.5. The van der Waals surface area contributed by atoms with E-state index in [9.17, 15) is 14.7 Å². The maximum atomic E-state index is 13.4. The zero-order chi connectivity index (χ0) is 42.0. The Kier molecular flexibility index (Phi) is 18.9. The number of benzene rings is 4. The maximum absolute atomic E-state index is 13.4. The Morgan fingerprint density at radius 3 is 1.71 bits per heavy atom. The number of esters is 1. The van der Waals surface area contributed by atoms with E-state index in [4.69, 9.17) is 18.6 Å². The van der Waals surface area contributed by atoms with Gasteiger partial charge in [0.05, 0.1) is 12.2 Å². The largest absolute Gasteiger partial charge is 0.457 e. The molecule has 1 radical (unpaired) electrons. The lowest BCUT2D eigenvalue weighted by atomic mass is 9.96. The number of aliphatic hydroxyl groups excluding tert-OH is 1. The number of hydrogen-bond acceptors (Lipinski definition) is 7. The molecule has 59 heavy (non-hydrogen) atoms. The monoisotopic (exact) mass is 824 g/mol. The summed E-state index contributed by atoms with van der Waals surface area (Å²) in [6.07, 6.45) is 11.1. The van der Waals surface area contributed by atoms with E-state index in [-0.39, 0.29) is 24.9 Å². The number of ether oxygens (including phenoxy) is 3. The van der Waals surface area contributed by atoms with Gasteiger partial charge in [-0.3, -0.25) is 9.59 Å². The lowest BCUT2D eigenvalue weighted by molar-refractivity contribution is -0.259. The van der Waals surface area contributed by atoms with Crippen molar-refractivity contribution in [1.82, 2.24) is 5.32 Å². The second-order valence-corrected chi connectivity index (χ2v) is 19.6. The van der Waals surface area contributed by atoms with E-state index < -0.39 is 45.3 Å². The fourth-order valence-corrected chi connectivity index (χ4v) is 8.77. The maximum Gasteiger partial charge on any atom is 0.306 e. The summed E-state index contributed by atoms with van der Waals surface area (Å²) in [5.74, 6) is -0.554. The highest BCUT2D eigenvalue weighted by Crippen LogP contribution is 2.28. The molecule has 9 heteroatoms. The zero-order valence-electron chi connectivity index (χ0n) is 36.4. The average molecular weight is 825 g/mol. The summed E-state index contributed by atoms with van der Waals surface area (Å²) >= 11 is 0. The normalized spacial score (nSPS) is 19.7. The van der Waals surface area contributed by atoms with Crippen molar-refractivity contribution in [1.29, 1.82) is 0 Å². The minimum absolute atomic E-state index is 0.0944. The number of fused-ring (bicyclic) bond motifs is 2. The first-order valence-electron chi connectivity index (χ1n) is 22.3. The summed E-state index contributed by atoms with van der Waals surface area (Å²) in [6, 6.07) is 29.4. The number of carbonyl (C=O) groups is 2. The highest BCUT2D eigenvalue weighted by Gasteiger charge is 2.49. The van der Waals surface area contributed by atoms with E-state index in [1.165, 1.54) is 32.7 Å². The molecule has 4 aromatic carbocycles. The molecule has 1 saturated heterocycles. The minimum Gasteiger partial charge on any atom is -0.457 e. The third kappa shape index (κ3) is 15.4. The molecule has 0 aliphatic carbocycles. The fraction of sp³-hybridized carbons (Fsp3) is 0.560. The van der Waals surface area contributed by atoms with Crippen LogP contribution in [0.5, 0.6) is 0 Å². The van der Waals surface area contributed by atoms with Crippen molar-refractivity contribution in [3.05, 3.63) is 96.1 Å². The van der Waals surface area contributed by atoms with Gasteiger partial charge in [-0.2, -0.15) is 0 Å². The van der Waals surface area contributed by atoms with Crippen LogP contribution < -0.4 is 5.32 Å². The predicted octanol–water partition coefficient (Wildman–Crippen LogP) is 10.8. The van der Waals surface area contributed by atoms with Gasteiger partial charge in [-0.15, -0.1) is 0 Å². The number of nitrogens with one attached hydrogen (secondary N) is 1. The number of carbonyl (C=O) groups excluding carboxylic acids is 2. The molecule has 1 amide bonds. The highest BCUT2D eigenvalue weighted by molar-refractivity contribution is 6.48. The Bertz CT molecular complexity index is 1860. The molecule has 5 rings (SSSR count). The van der Waals surface area contributed by atoms with Gasteiger partial charge >= 0.3 is 5.97 Å². The van der Waals surface area contributed by atoms with Gasteiger partial charge in [0.1, 0.15) is 18.2 Å². The van der Waals surface area contributed by atoms with E-state index in [1.807, 2.05) is 33.9 Å². The van der Waals surface area contributed by atoms with Crippen molar-refractivity contribution in [2.24, 2.45) is 0 Å². The van der Waals surface area contributed by atoms with Crippen molar-refractivity contribution in [3.8, 4) is 0 Å². The molecule has 1 unspecified atom stereocenters. The molecule has 1 heterocycles. The number of aryl methyl sites for hydroxylation is 2. The second kappa shape index (κ2) is 24.0. The number of hydrogen-bond donors (Lipinski definition) is 2. The van der Waals surface area contributed by atoms with Crippen LogP contribution in [-0.2, 0) is 41.1 Å². The minimum atomic E-state index is -1.29. The average Bonchev–Trinajstić information content (AvgIpc) is 3.21. The third-order valence-corrected chi connectivity index (χ3v) is 11.9. The molecule has 2 N–H and O–H groups in total. The van der Waals surface area contributed by atoms with Crippen LogP contribution in [0.15, 0.2) is 84.9 Å². The van der Waals surface area contributed by atoms with E-state index in [2.05, 4.69) is 90.2 Å². The van der Waals surface area contributed by atoms with Gasteiger partial charge in [-0.25, -0.2) is 0 Å². The molecule has 0 aromatic heterocycles. The van der Waals surface area contributed by atoms with Crippen LogP contribution in [0.1, 0.15) is 122 Å². The third-order valence-electron chi connectivity index (χ3n) is 11.2. The number of unbranched alkanes of at least 4 members (excludes halogenated alkanes) is 10. The Balaban J connectivity index is 1.06. The molecule has 5 atom stereocenters. The van der Waals surface area contributed by atoms with Gasteiger partial charge in [0.25, 0.3) is 0 Å². The Morgan fingerprint density at radius 2 is 1.17 bits per heavy atom. The van der Waals surface area contributed by atoms with Crippen molar-refractivity contribution in [2.75, 3.05) is 6.61 Å². The van der Waals surface area contributed by atoms with Gasteiger partial charge in [0.2, 0.25) is 14.9 Å². The molecule has 321 valence electrons. The molecular weight excluding hydrogens is 755 g/mol. The molecule has 1 aliphatic heterocycles. The van der Waals surface area contributed by atoms with Gasteiger partial charge in [0, 0.05) is 12.8 Å². The summed E-state index contributed by atoms with van der Waals surface area (Å²) in [5.41, 5.74) is 2.35. The summed E-state index contributed by atoms with van der Waals surface area (Å²) in [5, 5.41) is 19.9. The highest BCUT2D eigenvalue weighted by atomic mass is 28.3. The molecule has 0 bridgehead atoms. The standard InChI is InChI=1S/C50H70NO7Si/c1-50(2,3)55-36-43-47(54)48(57-45(53)35-17-13-9-7-11-15-25-38-29-23-31-40-27-19-21-33-42(38)40)46(49(56-43)58-59(4)5)51-44(52)34-16-12-8-6-10-14-24-37-28-22-30-39-26-18-20-32-41(37)39/h18-23,26-33,43,46-49,54H,6-17,24-25,34-36H2,1-5H3,(H,51,52)/t43-,46-,47-,48-,49?/m1/s1. The Hall–Kier alpha value is -3.60. The van der Waals surface area contributed by atoms with Crippen LogP contribution >= 0.6 is 0 Å². The van der Waals surface area contributed by atoms with Crippen LogP contribution in [0.3, 0.4) is 0 Å². The Morgan fingerprint density at radius 1 is 0.678 bits per heavy atom. The van der Waals surface area contributed by atoms with E-state index in [1.54, 1.807) is 0 Å². The van der Waals surface area contributed by atoms with Crippen molar-refractivity contribution in [3.63, 3.8) is 0 Å². The fourth-order valence-electron chi connectivity index (χ4n) is 8.10. The topological polar surface area (TPSA) is 103 Å². The van der Waals surface area contributed by atoms with Crippen molar-refractivity contribution in [2.45, 2.75) is 173 Å². The number of amides is 1. The number of rotatable bonds is 24. The first-order chi connectivity index (χ1) is 28.5. The quantitative estimate of drug-likeness (QED) is 0.0412. The summed E-state index contributed by atoms with van der Waals surface area (Å²) in [7, 11) is -1.29. The lowest BCUT2D eigenvalue weighted by Crippen LogP contribution is -2.66. The zero-order valence-corrected chi connectivity index (χ0v) is 37.4. The van der Waals surface area contributed by atoms with Crippen LogP contribution in [0.25, 0.3) is 21.5 Å². The summed E-state index contributed by atoms with van der Waals surface area (Å²) in [6.45, 7) is 9.89. The Labute approximate surface area is 355 Å². The van der Waals surface area contributed by atoms with Crippen LogP contribution in [-0.4, -0.2) is 68.9 Å². The molecule has 8 nitrogen and oxygen atoms in total. The molecular formula is C50H70NO7Si. The molecule has 4 aromatic rings. The van der Waals surface area contributed by atoms with Crippen LogP contribution in [0, 0.1) is 0 Å². The smallest absolute Gasteiger partial charge is 0.306 e.